The van der Waals surface area contributed by atoms with Crippen molar-refractivity contribution in [2.45, 2.75) is 52.4 Å². The average molecular weight is 495 g/mol. The Hall–Kier alpha value is -3.86. The molecule has 0 saturated heterocycles. The molecule has 4 heterocycles. The molecule has 0 spiro atoms. The molecule has 190 valence electrons. The van der Waals surface area contributed by atoms with Crippen LogP contribution in [0.2, 0.25) is 0 Å². The predicted octanol–water partition coefficient (Wildman–Crippen LogP) is 3.43. The summed E-state index contributed by atoms with van der Waals surface area (Å²) in [7, 11) is 1.61. The lowest BCUT2D eigenvalue weighted by molar-refractivity contribution is 0.0582. The largest absolute Gasteiger partial charge is 0.497 e. The zero-order valence-electron chi connectivity index (χ0n) is 21.0. The van der Waals surface area contributed by atoms with Gasteiger partial charge in [-0.3, -0.25) is 9.69 Å². The number of nitrogens with one attached hydrogen (secondary N) is 2. The highest BCUT2D eigenvalue weighted by Crippen LogP contribution is 2.37. The van der Waals surface area contributed by atoms with E-state index >= 15 is 0 Å². The smallest absolute Gasteiger partial charge is 0.416 e. The molecule has 2 amide bonds. The van der Waals surface area contributed by atoms with E-state index in [0.717, 1.165) is 16.8 Å². The fourth-order valence-corrected chi connectivity index (χ4v) is 4.37. The van der Waals surface area contributed by atoms with E-state index in [1.165, 1.54) is 10.7 Å². The summed E-state index contributed by atoms with van der Waals surface area (Å²) in [6.07, 6.45) is 1.53. The summed E-state index contributed by atoms with van der Waals surface area (Å²) in [5.41, 5.74) is 2.42. The fraction of sp³-hybridized carbons (Fsp3) is 0.440. The lowest BCUT2D eigenvalue weighted by Gasteiger charge is -2.25. The Kier molecular flexibility index (Phi) is 5.95. The van der Waals surface area contributed by atoms with E-state index in [9.17, 15) is 9.59 Å². The summed E-state index contributed by atoms with van der Waals surface area (Å²) >= 11 is 0. The summed E-state index contributed by atoms with van der Waals surface area (Å²) in [5.74, 6) is 1.41. The van der Waals surface area contributed by atoms with Crippen molar-refractivity contribution >= 4 is 35.0 Å². The molecule has 2 N–H and O–H groups in total. The van der Waals surface area contributed by atoms with Crippen LogP contribution in [-0.4, -0.2) is 58.5 Å². The first-order valence-electron chi connectivity index (χ1n) is 11.9. The highest BCUT2D eigenvalue weighted by molar-refractivity contribution is 6.01. The first-order chi connectivity index (χ1) is 17.1. The van der Waals surface area contributed by atoms with Crippen molar-refractivity contribution in [3.8, 4) is 5.75 Å². The van der Waals surface area contributed by atoms with Gasteiger partial charge >= 0.3 is 6.09 Å². The van der Waals surface area contributed by atoms with E-state index in [4.69, 9.17) is 19.2 Å². The lowest BCUT2D eigenvalue weighted by atomic mass is 10.1. The van der Waals surface area contributed by atoms with Gasteiger partial charge in [0, 0.05) is 29.9 Å². The van der Waals surface area contributed by atoms with Crippen LogP contribution >= 0.6 is 0 Å². The number of ether oxygens (including phenoxy) is 3. The molecule has 0 aliphatic carbocycles. The molecule has 0 fully saturated rings. The van der Waals surface area contributed by atoms with Crippen molar-refractivity contribution in [2.75, 3.05) is 30.5 Å². The van der Waals surface area contributed by atoms with Gasteiger partial charge in [0.15, 0.2) is 5.65 Å². The van der Waals surface area contributed by atoms with Gasteiger partial charge in [-0.2, -0.15) is 9.61 Å². The van der Waals surface area contributed by atoms with E-state index in [1.54, 1.807) is 12.0 Å². The number of hydrogen-bond acceptors (Lipinski definition) is 8. The van der Waals surface area contributed by atoms with Crippen molar-refractivity contribution in [2.24, 2.45) is 0 Å². The Labute approximate surface area is 208 Å². The third kappa shape index (κ3) is 4.53. The number of benzene rings is 1. The zero-order valence-corrected chi connectivity index (χ0v) is 21.0. The van der Waals surface area contributed by atoms with Gasteiger partial charge < -0.3 is 24.8 Å². The van der Waals surface area contributed by atoms with Crippen LogP contribution < -0.4 is 20.3 Å². The minimum Gasteiger partial charge on any atom is -0.497 e. The maximum Gasteiger partial charge on any atom is 0.416 e. The van der Waals surface area contributed by atoms with Gasteiger partial charge in [0.2, 0.25) is 0 Å². The molecule has 1 atom stereocenters. The van der Waals surface area contributed by atoms with Crippen LogP contribution in [0.5, 0.6) is 5.75 Å². The number of carbonyl (C=O) groups is 2. The summed E-state index contributed by atoms with van der Waals surface area (Å²) in [6, 6.07) is 5.49. The Balaban J connectivity index is 1.69. The average Bonchev–Trinajstić information content (AvgIpc) is 3.42. The topological polar surface area (TPSA) is 119 Å². The van der Waals surface area contributed by atoms with E-state index < -0.39 is 11.7 Å². The first kappa shape index (κ1) is 23.9. The minimum absolute atomic E-state index is 0.245. The van der Waals surface area contributed by atoms with Gasteiger partial charge in [-0.25, -0.2) is 9.78 Å². The third-order valence-electron chi connectivity index (χ3n) is 5.90. The van der Waals surface area contributed by atoms with Gasteiger partial charge in [-0.05, 0) is 51.8 Å². The quantitative estimate of drug-likeness (QED) is 0.528. The maximum atomic E-state index is 13.1. The van der Waals surface area contributed by atoms with Crippen molar-refractivity contribution in [1.82, 2.24) is 19.9 Å². The van der Waals surface area contributed by atoms with Crippen LogP contribution in [0.25, 0.3) is 5.65 Å². The number of fused-ring (bicyclic) bond motifs is 6. The van der Waals surface area contributed by atoms with E-state index in [0.29, 0.717) is 54.8 Å². The summed E-state index contributed by atoms with van der Waals surface area (Å²) in [6.45, 7) is 8.41. The van der Waals surface area contributed by atoms with Crippen molar-refractivity contribution in [3.63, 3.8) is 0 Å². The standard InChI is InChI=1S/C25H30N6O5/c1-14-12-35-13-15-8-16(10-17(9-15)34-5)28-20-18-6-7-30(24(33)36-25(2,3)4)23(18)31-21(29-20)19(11-26-31)22(32)27-14/h8-11,14H,6-7,12-13H2,1-5H3,(H,27,32)(H,28,29)/t14-/m1/s1. The molecule has 0 saturated carbocycles. The van der Waals surface area contributed by atoms with Crippen molar-refractivity contribution in [3.05, 3.63) is 41.1 Å². The normalized spacial score (nSPS) is 17.9. The first-order valence-corrected chi connectivity index (χ1v) is 11.9. The van der Waals surface area contributed by atoms with Crippen LogP contribution in [0.3, 0.4) is 0 Å². The zero-order chi connectivity index (χ0) is 25.6. The Morgan fingerprint density at radius 3 is 2.81 bits per heavy atom. The van der Waals surface area contributed by atoms with Crippen LogP contribution in [-0.2, 0) is 22.5 Å². The minimum atomic E-state index is -0.662. The van der Waals surface area contributed by atoms with Gasteiger partial charge in [-0.1, -0.05) is 0 Å². The second-order valence-corrected chi connectivity index (χ2v) is 10.0. The SMILES string of the molecule is COc1cc2cc(c1)Nc1nc3c(cnn3c3c1CCN3C(=O)OC(C)(C)C)C(=O)N[C@H](C)COC2. The van der Waals surface area contributed by atoms with E-state index in [-0.39, 0.29) is 11.9 Å². The van der Waals surface area contributed by atoms with Crippen LogP contribution in [0.4, 0.5) is 22.1 Å². The fourth-order valence-electron chi connectivity index (χ4n) is 4.37. The Morgan fingerprint density at radius 2 is 2.06 bits per heavy atom. The second-order valence-electron chi connectivity index (χ2n) is 10.0. The molecule has 2 aliphatic heterocycles. The molecule has 1 aromatic carbocycles. The summed E-state index contributed by atoms with van der Waals surface area (Å²) in [4.78, 5) is 32.6. The predicted molar refractivity (Wildman–Crippen MR) is 133 cm³/mol. The number of nitrogens with zero attached hydrogens (tertiary/aromatic N) is 4. The summed E-state index contributed by atoms with van der Waals surface area (Å²) in [5, 5.41) is 10.8. The number of rotatable bonds is 1. The Bertz CT molecular complexity index is 1340. The molecule has 0 radical (unpaired) electrons. The van der Waals surface area contributed by atoms with Crippen LogP contribution in [0, 0.1) is 0 Å². The highest BCUT2D eigenvalue weighted by Gasteiger charge is 2.35. The molecular weight excluding hydrogens is 464 g/mol. The highest BCUT2D eigenvalue weighted by atomic mass is 16.6. The number of methoxy groups -OCH3 is 1. The Morgan fingerprint density at radius 1 is 1.25 bits per heavy atom. The maximum absolute atomic E-state index is 13.1. The number of carbonyl (C=O) groups excluding carboxylic acids is 2. The second kappa shape index (κ2) is 8.98. The lowest BCUT2D eigenvalue weighted by Crippen LogP contribution is -2.37. The van der Waals surface area contributed by atoms with Crippen molar-refractivity contribution < 1.29 is 23.8 Å². The number of hydrogen-bond donors (Lipinski definition) is 2. The van der Waals surface area contributed by atoms with E-state index in [2.05, 4.69) is 15.7 Å². The van der Waals surface area contributed by atoms with Crippen LogP contribution in [0.1, 0.15) is 49.2 Å². The molecule has 2 aliphatic rings. The van der Waals surface area contributed by atoms with E-state index in [1.807, 2.05) is 45.9 Å². The molecule has 11 heteroatoms. The number of anilines is 3. The van der Waals surface area contributed by atoms with Gasteiger partial charge in [0.25, 0.3) is 5.91 Å². The number of aromatic nitrogens is 3. The molecule has 2 aromatic heterocycles. The molecule has 36 heavy (non-hydrogen) atoms. The third-order valence-corrected chi connectivity index (χ3v) is 5.90. The monoisotopic (exact) mass is 494 g/mol. The molecule has 3 aromatic rings. The summed E-state index contributed by atoms with van der Waals surface area (Å²) < 4.78 is 18.5. The molecule has 5 rings (SSSR count). The molecule has 0 unspecified atom stereocenters. The molecule has 11 nitrogen and oxygen atoms in total. The molecular formula is C25H30N6O5. The van der Waals surface area contributed by atoms with Crippen LogP contribution in [0.15, 0.2) is 24.4 Å². The van der Waals surface area contributed by atoms with Crippen molar-refractivity contribution in [1.29, 1.82) is 0 Å². The van der Waals surface area contributed by atoms with Gasteiger partial charge in [0.05, 0.1) is 26.5 Å². The number of amides is 2. The van der Waals surface area contributed by atoms with Gasteiger partial charge in [-0.15, -0.1) is 0 Å². The molecule has 4 bridgehead atoms. The van der Waals surface area contributed by atoms with Gasteiger partial charge in [0.1, 0.15) is 28.5 Å².